The Balaban J connectivity index is 1.81. The van der Waals surface area contributed by atoms with E-state index in [9.17, 15) is 18.4 Å². The zero-order valence-electron chi connectivity index (χ0n) is 16.5. The van der Waals surface area contributed by atoms with Gasteiger partial charge in [0.2, 0.25) is 0 Å². The lowest BCUT2D eigenvalue weighted by Gasteiger charge is -2.18. The highest BCUT2D eigenvalue weighted by molar-refractivity contribution is 5.89. The fourth-order valence-electron chi connectivity index (χ4n) is 2.58. The first-order chi connectivity index (χ1) is 13.7. The molecule has 1 amide bonds. The number of aryl methyl sites for hydroxylation is 2. The summed E-state index contributed by atoms with van der Waals surface area (Å²) in [7, 11) is 1.65. The highest BCUT2D eigenvalue weighted by atomic mass is 19.3. The van der Waals surface area contributed by atoms with Gasteiger partial charge >= 0.3 is 12.6 Å². The summed E-state index contributed by atoms with van der Waals surface area (Å²) in [5.74, 6) is -0.969. The van der Waals surface area contributed by atoms with Crippen molar-refractivity contribution in [3.05, 3.63) is 70.8 Å². The number of benzene rings is 2. The Morgan fingerprint density at radius 3 is 2.41 bits per heavy atom. The van der Waals surface area contributed by atoms with Crippen molar-refractivity contribution in [1.82, 2.24) is 4.90 Å². The minimum Gasteiger partial charge on any atom is -0.452 e. The summed E-state index contributed by atoms with van der Waals surface area (Å²) in [6, 6.07) is 11.8. The summed E-state index contributed by atoms with van der Waals surface area (Å²) in [4.78, 5) is 25.5. The van der Waals surface area contributed by atoms with Gasteiger partial charge in [0.05, 0.1) is 0 Å². The van der Waals surface area contributed by atoms with E-state index >= 15 is 0 Å². The van der Waals surface area contributed by atoms with Crippen LogP contribution in [0, 0.1) is 13.8 Å². The number of esters is 1. The van der Waals surface area contributed by atoms with Gasteiger partial charge in [0.25, 0.3) is 5.91 Å². The molecular formula is C22H23F2NO4. The third kappa shape index (κ3) is 7.37. The molecule has 0 aromatic heterocycles. The first-order valence-corrected chi connectivity index (χ1v) is 8.94. The van der Waals surface area contributed by atoms with Gasteiger partial charge in [0.15, 0.2) is 6.61 Å². The molecule has 154 valence electrons. The number of amides is 1. The Hall–Kier alpha value is -3.22. The summed E-state index contributed by atoms with van der Waals surface area (Å²) < 4.78 is 33.4. The van der Waals surface area contributed by atoms with Gasteiger partial charge in [-0.05, 0) is 48.7 Å². The number of halogens is 2. The number of hydrogen-bond acceptors (Lipinski definition) is 4. The van der Waals surface area contributed by atoms with E-state index in [1.807, 2.05) is 32.0 Å². The molecule has 2 rings (SSSR count). The van der Waals surface area contributed by atoms with Crippen molar-refractivity contribution < 1.29 is 27.8 Å². The van der Waals surface area contributed by atoms with Crippen molar-refractivity contribution in [2.75, 3.05) is 13.7 Å². The molecule has 0 aliphatic carbocycles. The monoisotopic (exact) mass is 403 g/mol. The van der Waals surface area contributed by atoms with Crippen molar-refractivity contribution >= 4 is 18.0 Å². The Morgan fingerprint density at radius 1 is 1.10 bits per heavy atom. The molecule has 0 aliphatic heterocycles. The van der Waals surface area contributed by atoms with Crippen LogP contribution in [0.15, 0.2) is 48.5 Å². The third-order valence-corrected chi connectivity index (χ3v) is 4.19. The molecule has 2 aromatic rings. The van der Waals surface area contributed by atoms with E-state index in [1.165, 1.54) is 41.3 Å². The second-order valence-electron chi connectivity index (χ2n) is 6.57. The number of hydrogen-bond donors (Lipinski definition) is 0. The fourth-order valence-corrected chi connectivity index (χ4v) is 2.58. The molecule has 0 saturated carbocycles. The van der Waals surface area contributed by atoms with Gasteiger partial charge in [-0.3, -0.25) is 4.79 Å². The minimum atomic E-state index is -2.89. The summed E-state index contributed by atoms with van der Waals surface area (Å²) in [5, 5.41) is 0. The van der Waals surface area contributed by atoms with Crippen LogP contribution in [0.25, 0.3) is 6.08 Å². The van der Waals surface area contributed by atoms with E-state index in [1.54, 1.807) is 7.05 Å². The summed E-state index contributed by atoms with van der Waals surface area (Å²) in [6.07, 6.45) is 2.62. The Labute approximate surface area is 168 Å². The van der Waals surface area contributed by atoms with Gasteiger partial charge in [-0.1, -0.05) is 35.9 Å². The summed E-state index contributed by atoms with van der Waals surface area (Å²) in [5.41, 5.74) is 3.87. The van der Waals surface area contributed by atoms with Crippen LogP contribution in [0.4, 0.5) is 8.78 Å². The molecule has 0 spiro atoms. The standard InChI is InChI=1S/C22H23F2NO4/c1-15-4-8-18(16(2)12-15)13-25(3)20(26)14-28-21(27)11-7-17-5-9-19(10-6-17)29-22(23)24/h4-12,22H,13-14H2,1-3H3/b11-7+. The van der Waals surface area contributed by atoms with Gasteiger partial charge in [-0.2, -0.15) is 8.78 Å². The molecule has 0 bridgehead atoms. The van der Waals surface area contributed by atoms with Gasteiger partial charge in [0.1, 0.15) is 5.75 Å². The van der Waals surface area contributed by atoms with Crippen molar-refractivity contribution in [3.63, 3.8) is 0 Å². The maximum Gasteiger partial charge on any atom is 0.387 e. The van der Waals surface area contributed by atoms with E-state index in [4.69, 9.17) is 4.74 Å². The quantitative estimate of drug-likeness (QED) is 0.492. The van der Waals surface area contributed by atoms with Crippen LogP contribution in [0.5, 0.6) is 5.75 Å². The number of nitrogens with zero attached hydrogens (tertiary/aromatic N) is 1. The predicted octanol–water partition coefficient (Wildman–Crippen LogP) is 4.12. The molecule has 0 unspecified atom stereocenters. The molecule has 29 heavy (non-hydrogen) atoms. The van der Waals surface area contributed by atoms with Gasteiger partial charge in [0, 0.05) is 19.7 Å². The molecule has 0 radical (unpaired) electrons. The number of alkyl halides is 2. The van der Waals surface area contributed by atoms with Crippen LogP contribution in [0.3, 0.4) is 0 Å². The lowest BCUT2D eigenvalue weighted by molar-refractivity contribution is -0.147. The van der Waals surface area contributed by atoms with Crippen LogP contribution < -0.4 is 4.74 Å². The zero-order valence-corrected chi connectivity index (χ0v) is 16.5. The first kappa shape index (κ1) is 22.1. The van der Waals surface area contributed by atoms with Crippen molar-refractivity contribution in [2.24, 2.45) is 0 Å². The summed E-state index contributed by atoms with van der Waals surface area (Å²) >= 11 is 0. The van der Waals surface area contributed by atoms with Crippen LogP contribution in [-0.4, -0.2) is 37.0 Å². The smallest absolute Gasteiger partial charge is 0.387 e. The maximum atomic E-state index is 12.2. The second-order valence-corrected chi connectivity index (χ2v) is 6.57. The SMILES string of the molecule is Cc1ccc(CN(C)C(=O)COC(=O)/C=C/c2ccc(OC(F)F)cc2)c(C)c1. The molecule has 0 heterocycles. The number of likely N-dealkylation sites (N-methyl/N-ethyl adjacent to an activating group) is 1. The zero-order chi connectivity index (χ0) is 21.4. The van der Waals surface area contributed by atoms with E-state index in [2.05, 4.69) is 4.74 Å². The highest BCUT2D eigenvalue weighted by Gasteiger charge is 2.12. The molecule has 0 aliphatic rings. The molecule has 5 nitrogen and oxygen atoms in total. The van der Waals surface area contributed by atoms with E-state index in [0.29, 0.717) is 12.1 Å². The first-order valence-electron chi connectivity index (χ1n) is 8.94. The molecular weight excluding hydrogens is 380 g/mol. The molecule has 0 saturated heterocycles. The van der Waals surface area contributed by atoms with Gasteiger partial charge < -0.3 is 14.4 Å². The normalized spacial score (nSPS) is 11.0. The molecule has 2 aromatic carbocycles. The molecule has 0 atom stereocenters. The Bertz CT molecular complexity index is 879. The Morgan fingerprint density at radius 2 is 1.79 bits per heavy atom. The largest absolute Gasteiger partial charge is 0.452 e. The van der Waals surface area contributed by atoms with Crippen molar-refractivity contribution in [2.45, 2.75) is 27.0 Å². The summed E-state index contributed by atoms with van der Waals surface area (Å²) in [6.45, 7) is 1.15. The van der Waals surface area contributed by atoms with Crippen LogP contribution >= 0.6 is 0 Å². The average Bonchev–Trinajstić information content (AvgIpc) is 2.67. The topological polar surface area (TPSA) is 55.8 Å². The van der Waals surface area contributed by atoms with Crippen LogP contribution in [0.2, 0.25) is 0 Å². The van der Waals surface area contributed by atoms with Crippen LogP contribution in [-0.2, 0) is 20.9 Å². The fraction of sp³-hybridized carbons (Fsp3) is 0.273. The minimum absolute atomic E-state index is 0.0252. The van der Waals surface area contributed by atoms with Crippen molar-refractivity contribution in [3.8, 4) is 5.75 Å². The number of carbonyl (C=O) groups excluding carboxylic acids is 2. The lowest BCUT2D eigenvalue weighted by atomic mass is 10.1. The van der Waals surface area contributed by atoms with E-state index < -0.39 is 12.6 Å². The number of carbonyl (C=O) groups is 2. The lowest BCUT2D eigenvalue weighted by Crippen LogP contribution is -2.30. The molecule has 0 N–H and O–H groups in total. The van der Waals surface area contributed by atoms with Gasteiger partial charge in [-0.25, -0.2) is 4.79 Å². The third-order valence-electron chi connectivity index (χ3n) is 4.19. The predicted molar refractivity (Wildman–Crippen MR) is 105 cm³/mol. The second kappa shape index (κ2) is 10.4. The van der Waals surface area contributed by atoms with Gasteiger partial charge in [-0.15, -0.1) is 0 Å². The number of rotatable bonds is 8. The van der Waals surface area contributed by atoms with E-state index in [-0.39, 0.29) is 18.3 Å². The molecule has 7 heteroatoms. The highest BCUT2D eigenvalue weighted by Crippen LogP contribution is 2.16. The van der Waals surface area contributed by atoms with Crippen LogP contribution in [0.1, 0.15) is 22.3 Å². The molecule has 0 fully saturated rings. The van der Waals surface area contributed by atoms with Crippen molar-refractivity contribution in [1.29, 1.82) is 0 Å². The maximum absolute atomic E-state index is 12.2. The average molecular weight is 403 g/mol. The number of ether oxygens (including phenoxy) is 2. The Kier molecular flexibility index (Phi) is 7.88. The van der Waals surface area contributed by atoms with E-state index in [0.717, 1.165) is 16.7 Å².